The number of hydrogen-bond acceptors (Lipinski definition) is 2. The van der Waals surface area contributed by atoms with Gasteiger partial charge in [-0.05, 0) is 42.2 Å². The molecular formula is C12H16OS. The van der Waals surface area contributed by atoms with Crippen LogP contribution in [0.2, 0.25) is 0 Å². The second kappa shape index (κ2) is 4.74. The van der Waals surface area contributed by atoms with E-state index in [1.165, 1.54) is 29.9 Å². The maximum atomic E-state index is 5.15. The van der Waals surface area contributed by atoms with Crippen LogP contribution in [0.5, 0.6) is 5.75 Å². The van der Waals surface area contributed by atoms with Gasteiger partial charge in [0.05, 0.1) is 7.11 Å². The molecule has 2 rings (SSSR count). The highest BCUT2D eigenvalue weighted by Gasteiger charge is 2.15. The smallest absolute Gasteiger partial charge is 0.118 e. The van der Waals surface area contributed by atoms with Crippen molar-refractivity contribution in [2.75, 3.05) is 18.6 Å². The molecule has 76 valence electrons. The van der Waals surface area contributed by atoms with Gasteiger partial charge in [-0.1, -0.05) is 12.1 Å². The Morgan fingerprint density at radius 2 is 2.07 bits per heavy atom. The average Bonchev–Trinajstić information content (AvgIpc) is 2.30. The fraction of sp³-hybridized carbons (Fsp3) is 0.500. The van der Waals surface area contributed by atoms with Crippen LogP contribution in [0.1, 0.15) is 24.3 Å². The van der Waals surface area contributed by atoms with Gasteiger partial charge in [-0.15, -0.1) is 0 Å². The van der Waals surface area contributed by atoms with E-state index in [0.29, 0.717) is 0 Å². The van der Waals surface area contributed by atoms with Gasteiger partial charge in [-0.2, -0.15) is 11.8 Å². The van der Waals surface area contributed by atoms with Gasteiger partial charge < -0.3 is 4.74 Å². The van der Waals surface area contributed by atoms with Crippen molar-refractivity contribution in [2.24, 2.45) is 0 Å². The molecule has 0 aromatic heterocycles. The number of thioether (sulfide) groups is 1. The van der Waals surface area contributed by atoms with E-state index in [9.17, 15) is 0 Å². The molecule has 0 bridgehead atoms. The Kier molecular flexibility index (Phi) is 3.35. The van der Waals surface area contributed by atoms with Gasteiger partial charge in [-0.25, -0.2) is 0 Å². The molecule has 1 aliphatic rings. The molecule has 0 amide bonds. The molecule has 1 saturated heterocycles. The zero-order chi connectivity index (χ0) is 9.80. The summed E-state index contributed by atoms with van der Waals surface area (Å²) < 4.78 is 5.15. The van der Waals surface area contributed by atoms with Gasteiger partial charge in [0, 0.05) is 5.75 Å². The zero-order valence-electron chi connectivity index (χ0n) is 8.53. The predicted octanol–water partition coefficient (Wildman–Crippen LogP) is 3.31. The summed E-state index contributed by atoms with van der Waals surface area (Å²) in [6, 6.07) is 8.54. The maximum absolute atomic E-state index is 5.15. The van der Waals surface area contributed by atoms with Gasteiger partial charge >= 0.3 is 0 Å². The van der Waals surface area contributed by atoms with E-state index in [-0.39, 0.29) is 0 Å². The third-order valence-electron chi connectivity index (χ3n) is 2.75. The SMILES string of the molecule is COc1ccc(C2CCCSC2)cc1. The van der Waals surface area contributed by atoms with E-state index < -0.39 is 0 Å². The van der Waals surface area contributed by atoms with E-state index in [4.69, 9.17) is 4.74 Å². The third kappa shape index (κ3) is 2.24. The number of benzene rings is 1. The molecule has 0 spiro atoms. The Balaban J connectivity index is 2.07. The zero-order valence-corrected chi connectivity index (χ0v) is 9.35. The molecule has 14 heavy (non-hydrogen) atoms. The minimum Gasteiger partial charge on any atom is -0.497 e. The Hall–Kier alpha value is -0.630. The lowest BCUT2D eigenvalue weighted by atomic mass is 9.96. The van der Waals surface area contributed by atoms with Crippen LogP contribution in [0, 0.1) is 0 Å². The lowest BCUT2D eigenvalue weighted by Gasteiger charge is -2.21. The van der Waals surface area contributed by atoms with Gasteiger partial charge in [0.1, 0.15) is 5.75 Å². The molecule has 1 heterocycles. The Bertz CT molecular complexity index is 275. The molecule has 1 aromatic carbocycles. The van der Waals surface area contributed by atoms with Gasteiger partial charge in [0.2, 0.25) is 0 Å². The summed E-state index contributed by atoms with van der Waals surface area (Å²) in [5, 5.41) is 0. The number of methoxy groups -OCH3 is 1. The molecule has 1 fully saturated rings. The summed E-state index contributed by atoms with van der Waals surface area (Å²) in [4.78, 5) is 0. The fourth-order valence-corrected chi connectivity index (χ4v) is 3.06. The van der Waals surface area contributed by atoms with Crippen molar-refractivity contribution in [1.29, 1.82) is 0 Å². The van der Waals surface area contributed by atoms with Crippen molar-refractivity contribution in [1.82, 2.24) is 0 Å². The van der Waals surface area contributed by atoms with Crippen molar-refractivity contribution in [2.45, 2.75) is 18.8 Å². The van der Waals surface area contributed by atoms with Gasteiger partial charge in [-0.3, -0.25) is 0 Å². The van der Waals surface area contributed by atoms with Crippen LogP contribution in [0.3, 0.4) is 0 Å². The van der Waals surface area contributed by atoms with Crippen molar-refractivity contribution < 1.29 is 4.74 Å². The molecule has 1 nitrogen and oxygen atoms in total. The first-order valence-electron chi connectivity index (χ1n) is 5.12. The minimum absolute atomic E-state index is 0.764. The van der Waals surface area contributed by atoms with Crippen LogP contribution in [-0.4, -0.2) is 18.6 Å². The molecule has 1 aromatic rings. The first-order chi connectivity index (χ1) is 6.90. The number of ether oxygens (including phenoxy) is 1. The van der Waals surface area contributed by atoms with E-state index in [1.807, 2.05) is 0 Å². The summed E-state index contributed by atoms with van der Waals surface area (Å²) in [6.07, 6.45) is 2.71. The van der Waals surface area contributed by atoms with Crippen LogP contribution >= 0.6 is 11.8 Å². The van der Waals surface area contributed by atoms with E-state index in [0.717, 1.165) is 11.7 Å². The first-order valence-corrected chi connectivity index (χ1v) is 6.27. The second-order valence-corrected chi connectivity index (χ2v) is 4.84. The molecule has 2 heteroatoms. The maximum Gasteiger partial charge on any atom is 0.118 e. The van der Waals surface area contributed by atoms with Crippen molar-refractivity contribution >= 4 is 11.8 Å². The monoisotopic (exact) mass is 208 g/mol. The van der Waals surface area contributed by atoms with Crippen LogP contribution in [0.4, 0.5) is 0 Å². The van der Waals surface area contributed by atoms with Crippen molar-refractivity contribution in [3.8, 4) is 5.75 Å². The Morgan fingerprint density at radius 3 is 2.64 bits per heavy atom. The van der Waals surface area contributed by atoms with Crippen LogP contribution in [-0.2, 0) is 0 Å². The normalized spacial score (nSPS) is 21.9. The van der Waals surface area contributed by atoms with E-state index in [2.05, 4.69) is 36.0 Å². The molecule has 0 saturated carbocycles. The highest BCUT2D eigenvalue weighted by molar-refractivity contribution is 7.99. The summed E-state index contributed by atoms with van der Waals surface area (Å²) in [5.74, 6) is 4.34. The lowest BCUT2D eigenvalue weighted by Crippen LogP contribution is -2.08. The molecule has 0 radical (unpaired) electrons. The molecule has 0 aliphatic carbocycles. The highest BCUT2D eigenvalue weighted by atomic mass is 32.2. The van der Waals surface area contributed by atoms with Crippen LogP contribution in [0.15, 0.2) is 24.3 Å². The van der Waals surface area contributed by atoms with Crippen LogP contribution in [0.25, 0.3) is 0 Å². The Morgan fingerprint density at radius 1 is 1.29 bits per heavy atom. The van der Waals surface area contributed by atoms with E-state index >= 15 is 0 Å². The lowest BCUT2D eigenvalue weighted by molar-refractivity contribution is 0.414. The number of hydrogen-bond donors (Lipinski definition) is 0. The molecule has 1 atom stereocenters. The van der Waals surface area contributed by atoms with Crippen molar-refractivity contribution in [3.05, 3.63) is 29.8 Å². The first kappa shape index (κ1) is 9.91. The molecule has 1 unspecified atom stereocenters. The topological polar surface area (TPSA) is 9.23 Å². The fourth-order valence-electron chi connectivity index (χ4n) is 1.88. The third-order valence-corrected chi connectivity index (χ3v) is 3.96. The quantitative estimate of drug-likeness (QED) is 0.737. The molecule has 1 aliphatic heterocycles. The largest absolute Gasteiger partial charge is 0.497 e. The predicted molar refractivity (Wildman–Crippen MR) is 62.3 cm³/mol. The summed E-state index contributed by atoms with van der Waals surface area (Å²) in [7, 11) is 1.71. The summed E-state index contributed by atoms with van der Waals surface area (Å²) in [6.45, 7) is 0. The van der Waals surface area contributed by atoms with E-state index in [1.54, 1.807) is 7.11 Å². The average molecular weight is 208 g/mol. The number of rotatable bonds is 2. The molecular weight excluding hydrogens is 192 g/mol. The standard InChI is InChI=1S/C12H16OS/c1-13-12-6-4-10(5-7-12)11-3-2-8-14-9-11/h4-7,11H,2-3,8-9H2,1H3. The van der Waals surface area contributed by atoms with Gasteiger partial charge in [0.15, 0.2) is 0 Å². The Labute approximate surface area is 89.9 Å². The summed E-state index contributed by atoms with van der Waals surface area (Å²) in [5.41, 5.74) is 1.47. The van der Waals surface area contributed by atoms with Crippen molar-refractivity contribution in [3.63, 3.8) is 0 Å². The van der Waals surface area contributed by atoms with Crippen LogP contribution < -0.4 is 4.74 Å². The van der Waals surface area contributed by atoms with Gasteiger partial charge in [0.25, 0.3) is 0 Å². The summed E-state index contributed by atoms with van der Waals surface area (Å²) >= 11 is 2.08. The molecule has 0 N–H and O–H groups in total. The highest BCUT2D eigenvalue weighted by Crippen LogP contribution is 2.31. The minimum atomic E-state index is 0.764. The second-order valence-electron chi connectivity index (χ2n) is 3.69.